The van der Waals surface area contributed by atoms with Crippen molar-refractivity contribution in [3.63, 3.8) is 0 Å². The number of amides is 2. The predicted octanol–water partition coefficient (Wildman–Crippen LogP) is 4.80. The van der Waals surface area contributed by atoms with Crippen LogP contribution in [0.4, 0.5) is 18.9 Å². The molecule has 3 rings (SSSR count). The van der Waals surface area contributed by atoms with Gasteiger partial charge in [0.2, 0.25) is 5.91 Å². The highest BCUT2D eigenvalue weighted by atomic mass is 32.3. The summed E-state index contributed by atoms with van der Waals surface area (Å²) in [6.07, 6.45) is 5.97. The summed E-state index contributed by atoms with van der Waals surface area (Å²) in [7, 11) is -1.33. The van der Waals surface area contributed by atoms with Crippen molar-refractivity contribution in [2.75, 3.05) is 30.6 Å². The molecule has 0 fully saturated rings. The van der Waals surface area contributed by atoms with Crippen LogP contribution in [0.5, 0.6) is 5.75 Å². The van der Waals surface area contributed by atoms with E-state index in [-0.39, 0.29) is 37.2 Å². The van der Waals surface area contributed by atoms with E-state index in [1.165, 1.54) is 29.2 Å². The Morgan fingerprint density at radius 1 is 1.14 bits per heavy atom. The number of nitrogens with zero attached hydrogens (tertiary/aromatic N) is 1. The monoisotopic (exact) mass is 526 g/mol. The number of nitrogens with one attached hydrogen (secondary N) is 1. The molecular formula is C25H29F3N2O5S. The van der Waals surface area contributed by atoms with Crippen LogP contribution >= 0.6 is 10.0 Å². The van der Waals surface area contributed by atoms with Gasteiger partial charge in [0.15, 0.2) is 0 Å². The average Bonchev–Trinajstić information content (AvgIpc) is 2.76. The Kier molecular flexibility index (Phi) is 8.55. The highest BCUT2D eigenvalue weighted by molar-refractivity contribution is 8.32. The molecule has 1 atom stereocenters. The van der Waals surface area contributed by atoms with E-state index in [1.54, 1.807) is 12.1 Å². The van der Waals surface area contributed by atoms with Gasteiger partial charge in [-0.25, -0.2) is 14.4 Å². The summed E-state index contributed by atoms with van der Waals surface area (Å²) in [5, 5.41) is 11.5. The van der Waals surface area contributed by atoms with E-state index in [0.29, 0.717) is 22.4 Å². The molecule has 2 N–H and O–H groups in total. The first kappa shape index (κ1) is 27.4. The Labute approximate surface area is 208 Å². The molecule has 2 aromatic rings. The third-order valence-corrected chi connectivity index (χ3v) is 7.43. The van der Waals surface area contributed by atoms with E-state index < -0.39 is 46.3 Å². The molecule has 7 nitrogen and oxygen atoms in total. The molecule has 0 aromatic heterocycles. The summed E-state index contributed by atoms with van der Waals surface area (Å²) in [5.74, 6) is -2.55. The fourth-order valence-electron chi connectivity index (χ4n) is 4.15. The molecule has 0 radical (unpaired) electrons. The van der Waals surface area contributed by atoms with Crippen molar-refractivity contribution < 1.29 is 37.4 Å². The lowest BCUT2D eigenvalue weighted by atomic mass is 9.91. The van der Waals surface area contributed by atoms with Crippen LogP contribution in [0.2, 0.25) is 0 Å². The van der Waals surface area contributed by atoms with Crippen LogP contribution in [0.15, 0.2) is 41.3 Å². The van der Waals surface area contributed by atoms with Crippen molar-refractivity contribution in [1.82, 2.24) is 4.90 Å². The number of alkyl halides is 2. The maximum Gasteiger partial charge on any atom is 0.387 e. The van der Waals surface area contributed by atoms with Gasteiger partial charge >= 0.3 is 12.6 Å². The number of carbonyl (C=O) groups excluding carboxylic acids is 2. The zero-order chi connectivity index (χ0) is 26.6. The van der Waals surface area contributed by atoms with Gasteiger partial charge in [-0.15, -0.1) is 0 Å². The zero-order valence-corrected chi connectivity index (χ0v) is 21.0. The second-order valence-electron chi connectivity index (χ2n) is 9.20. The number of ether oxygens (including phenoxy) is 1. The largest absolute Gasteiger partial charge is 0.481 e. The number of anilines is 1. The van der Waals surface area contributed by atoms with Crippen molar-refractivity contribution in [2.45, 2.75) is 43.2 Å². The van der Waals surface area contributed by atoms with Crippen LogP contribution in [0.3, 0.4) is 0 Å². The number of hydrogen-bond acceptors (Lipinski definition) is 4. The first-order chi connectivity index (χ1) is 16.9. The molecule has 0 bridgehead atoms. The van der Waals surface area contributed by atoms with Gasteiger partial charge in [0.1, 0.15) is 17.6 Å². The summed E-state index contributed by atoms with van der Waals surface area (Å²) >= 11 is 0. The number of carbonyl (C=O) groups is 3. The maximum absolute atomic E-state index is 14.7. The van der Waals surface area contributed by atoms with Crippen molar-refractivity contribution >= 4 is 33.5 Å². The molecule has 36 heavy (non-hydrogen) atoms. The standard InChI is InChI=1S/C25H29F3N2O5S/c1-36(2,3)20-10-7-16(14-19(20)26)29-24(34)23-18-9-8-17(35-25(27)28)13-15(18)11-12-30(23)21(31)5-4-6-22(32)33/h7-10,13-14,23,25H,4-6,11-12H2,1-3H3,(H,29,34)(H,32,33)/t23-/m1/s1. The lowest BCUT2D eigenvalue weighted by Gasteiger charge is -2.36. The molecule has 11 heteroatoms. The van der Waals surface area contributed by atoms with E-state index in [0.717, 1.165) is 0 Å². The topological polar surface area (TPSA) is 95.9 Å². The molecule has 0 saturated heterocycles. The third kappa shape index (κ3) is 6.71. The first-order valence-corrected chi connectivity index (χ1v) is 14.1. The lowest BCUT2D eigenvalue weighted by Crippen LogP contribution is -2.45. The second kappa shape index (κ2) is 11.2. The van der Waals surface area contributed by atoms with Gasteiger partial charge in [-0.05, 0) is 73.1 Å². The van der Waals surface area contributed by atoms with Gasteiger partial charge in [0.05, 0.1) is 0 Å². The summed E-state index contributed by atoms with van der Waals surface area (Å²) in [4.78, 5) is 39.1. The van der Waals surface area contributed by atoms with Crippen LogP contribution in [0.1, 0.15) is 36.4 Å². The Balaban J connectivity index is 1.91. The second-order valence-corrected chi connectivity index (χ2v) is 13.3. The smallest absolute Gasteiger partial charge is 0.387 e. The predicted molar refractivity (Wildman–Crippen MR) is 131 cm³/mol. The van der Waals surface area contributed by atoms with Gasteiger partial charge in [0, 0.05) is 30.0 Å². The number of aliphatic carboxylic acids is 1. The minimum Gasteiger partial charge on any atom is -0.481 e. The molecule has 0 saturated carbocycles. The number of rotatable bonds is 9. The summed E-state index contributed by atoms with van der Waals surface area (Å²) in [6, 6.07) is 7.50. The SMILES string of the molecule is CS(C)(C)c1ccc(NC(=O)[C@H]2c3ccc(OC(F)F)cc3CCN2C(=O)CCCC(=O)O)cc1F. The fourth-order valence-corrected chi connectivity index (χ4v) is 5.27. The summed E-state index contributed by atoms with van der Waals surface area (Å²) in [6.45, 7) is -2.89. The van der Waals surface area contributed by atoms with Crippen LogP contribution in [0, 0.1) is 5.82 Å². The van der Waals surface area contributed by atoms with Crippen molar-refractivity contribution in [1.29, 1.82) is 0 Å². The van der Waals surface area contributed by atoms with Crippen molar-refractivity contribution in [2.24, 2.45) is 0 Å². The Morgan fingerprint density at radius 3 is 2.47 bits per heavy atom. The number of fused-ring (bicyclic) bond motifs is 1. The van der Waals surface area contributed by atoms with Crippen molar-refractivity contribution in [3.05, 3.63) is 53.3 Å². The number of benzene rings is 2. The van der Waals surface area contributed by atoms with Crippen LogP contribution in [-0.4, -0.2) is 59.7 Å². The highest BCUT2D eigenvalue weighted by Gasteiger charge is 2.36. The summed E-state index contributed by atoms with van der Waals surface area (Å²) in [5.41, 5.74) is 1.22. The number of halogens is 3. The highest BCUT2D eigenvalue weighted by Crippen LogP contribution is 2.47. The van der Waals surface area contributed by atoms with Gasteiger partial charge in [-0.1, -0.05) is 6.07 Å². The lowest BCUT2D eigenvalue weighted by molar-refractivity contribution is -0.140. The van der Waals surface area contributed by atoms with E-state index >= 15 is 0 Å². The molecule has 2 amide bonds. The van der Waals surface area contributed by atoms with Gasteiger partial charge in [0.25, 0.3) is 5.91 Å². The number of carboxylic acids is 1. The van der Waals surface area contributed by atoms with Gasteiger partial charge < -0.3 is 20.1 Å². The molecule has 2 aromatic carbocycles. The Bertz CT molecular complexity index is 1150. The van der Waals surface area contributed by atoms with E-state index in [2.05, 4.69) is 10.1 Å². The summed E-state index contributed by atoms with van der Waals surface area (Å²) < 4.78 is 44.5. The first-order valence-electron chi connectivity index (χ1n) is 11.2. The molecule has 0 aliphatic carbocycles. The molecular weight excluding hydrogens is 497 g/mol. The molecule has 0 unspecified atom stereocenters. The zero-order valence-electron chi connectivity index (χ0n) is 20.2. The van der Waals surface area contributed by atoms with Crippen LogP contribution in [0.25, 0.3) is 0 Å². The van der Waals surface area contributed by atoms with Gasteiger partial charge in [-0.2, -0.15) is 8.78 Å². The Morgan fingerprint density at radius 2 is 1.86 bits per heavy atom. The van der Waals surface area contributed by atoms with Crippen LogP contribution < -0.4 is 10.1 Å². The fraction of sp³-hybridized carbons (Fsp3) is 0.400. The van der Waals surface area contributed by atoms with E-state index in [9.17, 15) is 27.6 Å². The Hall–Kier alpha value is -3.21. The molecule has 1 aliphatic rings. The van der Waals surface area contributed by atoms with E-state index in [1.807, 2.05) is 18.8 Å². The number of hydrogen-bond donors (Lipinski definition) is 2. The normalized spacial score (nSPS) is 15.9. The van der Waals surface area contributed by atoms with Crippen LogP contribution in [-0.2, 0) is 20.8 Å². The minimum atomic E-state index is -3.01. The van der Waals surface area contributed by atoms with Gasteiger partial charge in [-0.3, -0.25) is 14.4 Å². The quantitative estimate of drug-likeness (QED) is 0.490. The van der Waals surface area contributed by atoms with Crippen molar-refractivity contribution in [3.8, 4) is 5.75 Å². The third-order valence-electron chi connectivity index (χ3n) is 5.78. The number of carboxylic acid groups (broad SMARTS) is 1. The minimum absolute atomic E-state index is 0.0634. The average molecular weight is 527 g/mol. The van der Waals surface area contributed by atoms with E-state index in [4.69, 9.17) is 5.11 Å². The molecule has 196 valence electrons. The molecule has 1 heterocycles. The maximum atomic E-state index is 14.7. The molecule has 0 spiro atoms. The molecule has 1 aliphatic heterocycles.